The molecular formula is C14H19BrN2O3. The van der Waals surface area contributed by atoms with E-state index < -0.39 is 0 Å². The largest absolute Gasteiger partial charge is 0.507 e. The molecule has 0 saturated carbocycles. The summed E-state index contributed by atoms with van der Waals surface area (Å²) in [4.78, 5) is 11.9. The van der Waals surface area contributed by atoms with Crippen LogP contribution in [0.25, 0.3) is 0 Å². The van der Waals surface area contributed by atoms with Crippen molar-refractivity contribution >= 4 is 21.8 Å². The normalized spacial score (nSPS) is 16.1. The van der Waals surface area contributed by atoms with Gasteiger partial charge in [0.2, 0.25) is 0 Å². The first-order chi connectivity index (χ1) is 9.66. The highest BCUT2D eigenvalue weighted by Gasteiger charge is 2.14. The molecule has 1 aromatic carbocycles. The van der Waals surface area contributed by atoms with Crippen molar-refractivity contribution in [3.8, 4) is 5.75 Å². The highest BCUT2D eigenvalue weighted by atomic mass is 79.9. The number of benzene rings is 1. The molecule has 0 aromatic heterocycles. The number of phenolic OH excluding ortho intramolecular Hbond substituents is 1. The van der Waals surface area contributed by atoms with E-state index in [1.807, 2.05) is 0 Å². The Balaban J connectivity index is 1.72. The molecule has 5 nitrogen and oxygen atoms in total. The smallest absolute Gasteiger partial charge is 0.255 e. The Morgan fingerprint density at radius 1 is 1.45 bits per heavy atom. The molecule has 20 heavy (non-hydrogen) atoms. The Morgan fingerprint density at radius 3 is 2.90 bits per heavy atom. The molecule has 1 aliphatic heterocycles. The van der Waals surface area contributed by atoms with Gasteiger partial charge in [0.15, 0.2) is 0 Å². The van der Waals surface area contributed by atoms with E-state index in [1.54, 1.807) is 12.1 Å². The van der Waals surface area contributed by atoms with E-state index in [1.165, 1.54) is 6.07 Å². The van der Waals surface area contributed by atoms with Crippen molar-refractivity contribution in [1.82, 2.24) is 10.6 Å². The van der Waals surface area contributed by atoms with Crippen molar-refractivity contribution < 1.29 is 14.6 Å². The first-order valence-corrected chi connectivity index (χ1v) is 7.55. The summed E-state index contributed by atoms with van der Waals surface area (Å²) in [5, 5.41) is 15.7. The monoisotopic (exact) mass is 342 g/mol. The number of ether oxygens (including phenoxy) is 1. The molecule has 0 aliphatic carbocycles. The average molecular weight is 343 g/mol. The SMILES string of the molecule is O=C(NCCOC1CCNCC1)c1ccc(Br)cc1O. The Kier molecular flexibility index (Phi) is 5.82. The molecule has 6 heteroatoms. The Bertz CT molecular complexity index is 462. The number of nitrogens with one attached hydrogen (secondary N) is 2. The molecule has 0 unspecified atom stereocenters. The summed E-state index contributed by atoms with van der Waals surface area (Å²) in [6.07, 6.45) is 2.32. The van der Waals surface area contributed by atoms with Crippen LogP contribution in [-0.4, -0.2) is 43.4 Å². The first kappa shape index (κ1) is 15.3. The lowest BCUT2D eigenvalue weighted by molar-refractivity contribution is 0.0343. The third kappa shape index (κ3) is 4.47. The van der Waals surface area contributed by atoms with Gasteiger partial charge < -0.3 is 20.5 Å². The molecule has 0 bridgehead atoms. The molecule has 1 aliphatic rings. The predicted octanol–water partition coefficient (Wildman–Crippen LogP) is 1.65. The van der Waals surface area contributed by atoms with Crippen molar-refractivity contribution in [2.24, 2.45) is 0 Å². The number of amides is 1. The highest BCUT2D eigenvalue weighted by molar-refractivity contribution is 9.10. The van der Waals surface area contributed by atoms with Gasteiger partial charge >= 0.3 is 0 Å². The number of rotatable bonds is 5. The van der Waals surface area contributed by atoms with Gasteiger partial charge in [-0.25, -0.2) is 0 Å². The van der Waals surface area contributed by atoms with E-state index in [9.17, 15) is 9.90 Å². The van der Waals surface area contributed by atoms with Crippen LogP contribution in [0.1, 0.15) is 23.2 Å². The van der Waals surface area contributed by atoms with Gasteiger partial charge in [0.1, 0.15) is 5.75 Å². The maximum atomic E-state index is 11.9. The second kappa shape index (κ2) is 7.61. The van der Waals surface area contributed by atoms with Crippen LogP contribution in [0, 0.1) is 0 Å². The van der Waals surface area contributed by atoms with E-state index in [2.05, 4.69) is 26.6 Å². The number of halogens is 1. The quantitative estimate of drug-likeness (QED) is 0.711. The van der Waals surface area contributed by atoms with Gasteiger partial charge in [-0.15, -0.1) is 0 Å². The fraction of sp³-hybridized carbons (Fsp3) is 0.500. The molecule has 1 fully saturated rings. The Hall–Kier alpha value is -1.11. The van der Waals surface area contributed by atoms with Crippen LogP contribution in [-0.2, 0) is 4.74 Å². The molecule has 1 aromatic rings. The highest BCUT2D eigenvalue weighted by Crippen LogP contribution is 2.21. The van der Waals surface area contributed by atoms with Crippen LogP contribution >= 0.6 is 15.9 Å². The maximum absolute atomic E-state index is 11.9. The number of hydrogen-bond donors (Lipinski definition) is 3. The summed E-state index contributed by atoms with van der Waals surface area (Å²) in [5.74, 6) is -0.319. The molecular weight excluding hydrogens is 324 g/mol. The van der Waals surface area contributed by atoms with Crippen LogP contribution in [0.15, 0.2) is 22.7 Å². The molecule has 3 N–H and O–H groups in total. The van der Waals surface area contributed by atoms with E-state index in [-0.39, 0.29) is 23.3 Å². The third-order valence-corrected chi connectivity index (χ3v) is 3.73. The summed E-state index contributed by atoms with van der Waals surface area (Å²) in [7, 11) is 0. The molecule has 1 heterocycles. The molecule has 1 saturated heterocycles. The summed E-state index contributed by atoms with van der Waals surface area (Å²) < 4.78 is 6.43. The van der Waals surface area contributed by atoms with Crippen molar-refractivity contribution in [3.05, 3.63) is 28.2 Å². The van der Waals surface area contributed by atoms with Gasteiger partial charge in [0.05, 0.1) is 18.3 Å². The Labute approximate surface area is 126 Å². The molecule has 0 spiro atoms. The third-order valence-electron chi connectivity index (χ3n) is 3.23. The average Bonchev–Trinajstić information content (AvgIpc) is 2.44. The number of carbonyl (C=O) groups is 1. The fourth-order valence-corrected chi connectivity index (χ4v) is 2.49. The summed E-state index contributed by atoms with van der Waals surface area (Å²) >= 11 is 3.24. The zero-order valence-electron chi connectivity index (χ0n) is 11.2. The van der Waals surface area contributed by atoms with Gasteiger partial charge in [-0.1, -0.05) is 15.9 Å². The van der Waals surface area contributed by atoms with Crippen LogP contribution in [0.2, 0.25) is 0 Å². The van der Waals surface area contributed by atoms with Crippen molar-refractivity contribution in [1.29, 1.82) is 0 Å². The van der Waals surface area contributed by atoms with Gasteiger partial charge in [-0.05, 0) is 44.1 Å². The van der Waals surface area contributed by atoms with E-state index in [0.29, 0.717) is 13.2 Å². The van der Waals surface area contributed by atoms with Crippen molar-refractivity contribution in [2.75, 3.05) is 26.2 Å². The minimum atomic E-state index is -0.288. The van der Waals surface area contributed by atoms with Gasteiger partial charge in [0.25, 0.3) is 5.91 Å². The molecule has 2 rings (SSSR count). The minimum Gasteiger partial charge on any atom is -0.507 e. The number of hydrogen-bond acceptors (Lipinski definition) is 4. The van der Waals surface area contributed by atoms with Crippen LogP contribution in [0.4, 0.5) is 0 Å². The van der Waals surface area contributed by atoms with E-state index in [4.69, 9.17) is 4.74 Å². The Morgan fingerprint density at radius 2 is 2.20 bits per heavy atom. The fourth-order valence-electron chi connectivity index (χ4n) is 2.14. The number of aromatic hydroxyl groups is 1. The molecule has 0 radical (unpaired) electrons. The number of carbonyl (C=O) groups excluding carboxylic acids is 1. The topological polar surface area (TPSA) is 70.6 Å². The van der Waals surface area contributed by atoms with Crippen LogP contribution in [0.5, 0.6) is 5.75 Å². The van der Waals surface area contributed by atoms with E-state index >= 15 is 0 Å². The summed E-state index contributed by atoms with van der Waals surface area (Å²) in [6, 6.07) is 4.81. The predicted molar refractivity (Wildman–Crippen MR) is 80.0 cm³/mol. The maximum Gasteiger partial charge on any atom is 0.255 e. The van der Waals surface area contributed by atoms with Gasteiger partial charge in [0, 0.05) is 11.0 Å². The first-order valence-electron chi connectivity index (χ1n) is 6.76. The summed E-state index contributed by atoms with van der Waals surface area (Å²) in [6.45, 7) is 2.92. The number of phenols is 1. The number of piperidine rings is 1. The molecule has 110 valence electrons. The second-order valence-electron chi connectivity index (χ2n) is 4.74. The van der Waals surface area contributed by atoms with Crippen molar-refractivity contribution in [3.63, 3.8) is 0 Å². The molecule has 0 atom stereocenters. The lowest BCUT2D eigenvalue weighted by atomic mass is 10.1. The molecule has 1 amide bonds. The van der Waals surface area contributed by atoms with Crippen molar-refractivity contribution in [2.45, 2.75) is 18.9 Å². The lowest BCUT2D eigenvalue weighted by Gasteiger charge is -2.22. The van der Waals surface area contributed by atoms with Gasteiger partial charge in [-0.2, -0.15) is 0 Å². The summed E-state index contributed by atoms with van der Waals surface area (Å²) in [5.41, 5.74) is 0.273. The van der Waals surface area contributed by atoms with Gasteiger partial charge in [-0.3, -0.25) is 4.79 Å². The van der Waals surface area contributed by atoms with Crippen LogP contribution < -0.4 is 10.6 Å². The lowest BCUT2D eigenvalue weighted by Crippen LogP contribution is -2.34. The zero-order valence-corrected chi connectivity index (χ0v) is 12.8. The second-order valence-corrected chi connectivity index (χ2v) is 5.65. The minimum absolute atomic E-state index is 0.0313. The van der Waals surface area contributed by atoms with E-state index in [0.717, 1.165) is 30.4 Å². The zero-order chi connectivity index (χ0) is 14.4. The van der Waals surface area contributed by atoms with Crippen LogP contribution in [0.3, 0.4) is 0 Å². The standard InChI is InChI=1S/C14H19BrN2O3/c15-10-1-2-12(13(18)9-10)14(19)17-7-8-20-11-3-5-16-6-4-11/h1-2,9,11,16,18H,3-8H2,(H,17,19).